The summed E-state index contributed by atoms with van der Waals surface area (Å²) in [6, 6.07) is 1.25. The van der Waals surface area contributed by atoms with Crippen molar-refractivity contribution in [2.75, 3.05) is 0 Å². The molecule has 7 heteroatoms. The van der Waals surface area contributed by atoms with Gasteiger partial charge in [-0.25, -0.2) is 0 Å². The van der Waals surface area contributed by atoms with E-state index in [0.29, 0.717) is 5.69 Å². The van der Waals surface area contributed by atoms with E-state index in [0.717, 1.165) is 0 Å². The van der Waals surface area contributed by atoms with E-state index in [-0.39, 0.29) is 11.5 Å². The summed E-state index contributed by atoms with van der Waals surface area (Å²) in [7, 11) is 1.54. The van der Waals surface area contributed by atoms with Gasteiger partial charge in [-0.15, -0.1) is 0 Å². The van der Waals surface area contributed by atoms with E-state index < -0.39 is 4.92 Å². The third-order valence-electron chi connectivity index (χ3n) is 1.57. The van der Waals surface area contributed by atoms with Crippen LogP contribution in [0.4, 0.5) is 5.82 Å². The van der Waals surface area contributed by atoms with E-state index in [1.165, 1.54) is 24.7 Å². The van der Waals surface area contributed by atoms with Gasteiger partial charge >= 0.3 is 5.82 Å². The van der Waals surface area contributed by atoms with Gasteiger partial charge in [-0.2, -0.15) is 4.68 Å². The van der Waals surface area contributed by atoms with Crippen molar-refractivity contribution in [2.45, 2.75) is 6.92 Å². The van der Waals surface area contributed by atoms with Crippen LogP contribution >= 0.6 is 0 Å². The largest absolute Gasteiger partial charge is 0.411 e. The molecule has 0 aliphatic rings. The zero-order chi connectivity index (χ0) is 10.0. The van der Waals surface area contributed by atoms with Crippen LogP contribution in [0.5, 0.6) is 0 Å². The number of nitro groups is 1. The second kappa shape index (κ2) is 3.21. The van der Waals surface area contributed by atoms with Gasteiger partial charge in [0.1, 0.15) is 11.4 Å². The van der Waals surface area contributed by atoms with Crippen LogP contribution in [0.2, 0.25) is 0 Å². The highest BCUT2D eigenvalue weighted by Gasteiger charge is 2.17. The summed E-state index contributed by atoms with van der Waals surface area (Å²) in [6.45, 7) is 1.53. The zero-order valence-corrected chi connectivity index (χ0v) is 7.13. The molecule has 70 valence electrons. The molecule has 0 atom stereocenters. The number of nitrogens with zero attached hydrogens (tertiary/aromatic N) is 4. The lowest BCUT2D eigenvalue weighted by Gasteiger charge is -1.91. The molecule has 0 aliphatic carbocycles. The third kappa shape index (κ3) is 1.63. The van der Waals surface area contributed by atoms with E-state index in [9.17, 15) is 10.1 Å². The Kier molecular flexibility index (Phi) is 2.27. The Balaban J connectivity index is 3.18. The van der Waals surface area contributed by atoms with Crippen LogP contribution in [-0.2, 0) is 7.05 Å². The summed E-state index contributed by atoms with van der Waals surface area (Å²) in [6.07, 6.45) is 0. The summed E-state index contributed by atoms with van der Waals surface area (Å²) in [5.41, 5.74) is 0.692. The number of rotatable bonds is 2. The van der Waals surface area contributed by atoms with Crippen LogP contribution in [0.1, 0.15) is 12.6 Å². The van der Waals surface area contributed by atoms with Gasteiger partial charge < -0.3 is 15.3 Å². The Morgan fingerprint density at radius 3 is 2.85 bits per heavy atom. The molecule has 0 spiro atoms. The van der Waals surface area contributed by atoms with E-state index in [4.69, 9.17) is 5.21 Å². The average molecular weight is 184 g/mol. The molecular weight excluding hydrogens is 176 g/mol. The summed E-state index contributed by atoms with van der Waals surface area (Å²) < 4.78 is 1.28. The first kappa shape index (κ1) is 9.17. The molecule has 0 aliphatic heterocycles. The molecule has 0 fully saturated rings. The Labute approximate surface area is 73.4 Å². The van der Waals surface area contributed by atoms with Crippen LogP contribution in [0.15, 0.2) is 11.2 Å². The highest BCUT2D eigenvalue weighted by molar-refractivity contribution is 5.97. The molecule has 0 saturated heterocycles. The van der Waals surface area contributed by atoms with Gasteiger partial charge in [0.05, 0.1) is 18.2 Å². The van der Waals surface area contributed by atoms with Crippen LogP contribution in [0.25, 0.3) is 0 Å². The van der Waals surface area contributed by atoms with Gasteiger partial charge in [-0.1, -0.05) is 5.16 Å². The third-order valence-corrected chi connectivity index (χ3v) is 1.57. The van der Waals surface area contributed by atoms with Crippen LogP contribution in [0, 0.1) is 10.1 Å². The molecule has 0 unspecified atom stereocenters. The SMILES string of the molecule is C/C(=N/O)c1cc([N+](=O)[O-])nn1C. The highest BCUT2D eigenvalue weighted by atomic mass is 16.6. The maximum atomic E-state index is 10.3. The van der Waals surface area contributed by atoms with Crippen LogP contribution in [-0.4, -0.2) is 25.6 Å². The van der Waals surface area contributed by atoms with Gasteiger partial charge in [-0.3, -0.25) is 0 Å². The molecule has 0 aromatic carbocycles. The van der Waals surface area contributed by atoms with Gasteiger partial charge in [0.25, 0.3) is 0 Å². The topological polar surface area (TPSA) is 93.6 Å². The average Bonchev–Trinajstić information content (AvgIpc) is 2.46. The van der Waals surface area contributed by atoms with Gasteiger partial charge in [0.2, 0.25) is 0 Å². The molecule has 13 heavy (non-hydrogen) atoms. The first-order valence-electron chi connectivity index (χ1n) is 3.43. The Bertz CT molecular complexity index is 368. The molecule has 0 amide bonds. The van der Waals surface area contributed by atoms with E-state index in [1.54, 1.807) is 0 Å². The quantitative estimate of drug-likeness (QED) is 0.314. The number of aromatic nitrogens is 2. The Morgan fingerprint density at radius 1 is 1.85 bits per heavy atom. The van der Waals surface area contributed by atoms with Gasteiger partial charge in [0.15, 0.2) is 0 Å². The molecule has 1 heterocycles. The predicted molar refractivity (Wildman–Crippen MR) is 43.9 cm³/mol. The second-order valence-corrected chi connectivity index (χ2v) is 2.45. The lowest BCUT2D eigenvalue weighted by Crippen LogP contribution is -2.03. The minimum absolute atomic E-state index is 0.263. The molecule has 1 aromatic rings. The number of hydrogen-bond donors (Lipinski definition) is 1. The minimum atomic E-state index is -0.603. The first-order valence-corrected chi connectivity index (χ1v) is 3.43. The molecule has 7 nitrogen and oxygen atoms in total. The number of aryl methyl sites for hydroxylation is 1. The molecule has 1 rings (SSSR count). The minimum Gasteiger partial charge on any atom is -0.411 e. The fourth-order valence-corrected chi connectivity index (χ4v) is 0.931. The van der Waals surface area contributed by atoms with Crippen molar-refractivity contribution in [3.05, 3.63) is 21.9 Å². The maximum Gasteiger partial charge on any atom is 0.390 e. The summed E-state index contributed by atoms with van der Waals surface area (Å²) in [5, 5.41) is 25.3. The van der Waals surface area contributed by atoms with Crippen molar-refractivity contribution in [1.29, 1.82) is 0 Å². The lowest BCUT2D eigenvalue weighted by atomic mass is 10.3. The molecule has 0 radical (unpaired) electrons. The Morgan fingerprint density at radius 2 is 2.46 bits per heavy atom. The smallest absolute Gasteiger partial charge is 0.390 e. The normalized spacial score (nSPS) is 11.7. The van der Waals surface area contributed by atoms with Crippen molar-refractivity contribution in [2.24, 2.45) is 12.2 Å². The van der Waals surface area contributed by atoms with E-state index >= 15 is 0 Å². The monoisotopic (exact) mass is 184 g/mol. The molecule has 0 bridgehead atoms. The van der Waals surface area contributed by atoms with Gasteiger partial charge in [-0.05, 0) is 11.8 Å². The summed E-state index contributed by atoms with van der Waals surface area (Å²) in [5.74, 6) is -0.263. The van der Waals surface area contributed by atoms with Crippen molar-refractivity contribution in [3.8, 4) is 0 Å². The summed E-state index contributed by atoms with van der Waals surface area (Å²) >= 11 is 0. The first-order chi connectivity index (χ1) is 6.06. The van der Waals surface area contributed by atoms with Crippen molar-refractivity contribution >= 4 is 11.5 Å². The molecular formula is C6H8N4O3. The predicted octanol–water partition coefficient (Wildman–Crippen LogP) is 0.526. The van der Waals surface area contributed by atoms with Gasteiger partial charge in [0, 0.05) is 0 Å². The number of hydrogen-bond acceptors (Lipinski definition) is 5. The van der Waals surface area contributed by atoms with E-state index in [1.807, 2.05) is 0 Å². The number of oxime groups is 1. The lowest BCUT2D eigenvalue weighted by molar-refractivity contribution is -0.389. The van der Waals surface area contributed by atoms with Crippen LogP contribution in [0.3, 0.4) is 0 Å². The second-order valence-electron chi connectivity index (χ2n) is 2.45. The molecule has 1 aromatic heterocycles. The standard InChI is InChI=1S/C6H8N4O3/c1-4(8-11)5-3-6(10(12)13)7-9(5)2/h3,11H,1-2H3/b8-4-. The van der Waals surface area contributed by atoms with Crippen LogP contribution < -0.4 is 0 Å². The van der Waals surface area contributed by atoms with E-state index in [2.05, 4.69) is 10.3 Å². The zero-order valence-electron chi connectivity index (χ0n) is 7.13. The Hall–Kier alpha value is -1.92. The van der Waals surface area contributed by atoms with Crippen molar-refractivity contribution in [3.63, 3.8) is 0 Å². The summed E-state index contributed by atoms with van der Waals surface area (Å²) in [4.78, 5) is 9.70. The maximum absolute atomic E-state index is 10.3. The molecule has 1 N–H and O–H groups in total. The van der Waals surface area contributed by atoms with Crippen molar-refractivity contribution in [1.82, 2.24) is 9.78 Å². The van der Waals surface area contributed by atoms with Crippen molar-refractivity contribution < 1.29 is 10.1 Å². The fraction of sp³-hybridized carbons (Fsp3) is 0.333. The highest BCUT2D eigenvalue weighted by Crippen LogP contribution is 2.11. The fourth-order valence-electron chi connectivity index (χ4n) is 0.931. The molecule has 0 saturated carbocycles.